The van der Waals surface area contributed by atoms with Crippen LogP contribution in [-0.4, -0.2) is 35.7 Å². The van der Waals surface area contributed by atoms with Gasteiger partial charge in [0, 0.05) is 39.3 Å². The van der Waals surface area contributed by atoms with Crippen molar-refractivity contribution in [2.45, 2.75) is 58.2 Å². The van der Waals surface area contributed by atoms with Gasteiger partial charge in [0.25, 0.3) is 5.91 Å². The summed E-state index contributed by atoms with van der Waals surface area (Å²) in [6.45, 7) is 3.45. The summed E-state index contributed by atoms with van der Waals surface area (Å²) in [7, 11) is 0. The first-order chi connectivity index (χ1) is 17.3. The van der Waals surface area contributed by atoms with Gasteiger partial charge in [-0.3, -0.25) is 9.59 Å². The van der Waals surface area contributed by atoms with Gasteiger partial charge in [-0.2, -0.15) is 0 Å². The highest BCUT2D eigenvalue weighted by molar-refractivity contribution is 9.10. The van der Waals surface area contributed by atoms with Gasteiger partial charge in [0.2, 0.25) is 12.7 Å². The minimum atomic E-state index is -1.94. The van der Waals surface area contributed by atoms with Crippen molar-refractivity contribution in [3.05, 3.63) is 52.5 Å². The molecule has 36 heavy (non-hydrogen) atoms. The van der Waals surface area contributed by atoms with Crippen LogP contribution < -0.4 is 4.90 Å². The van der Waals surface area contributed by atoms with Crippen molar-refractivity contribution in [2.75, 3.05) is 4.90 Å². The Bertz CT molecular complexity index is 1310. The smallest absolute Gasteiger partial charge is 0.423 e. The van der Waals surface area contributed by atoms with E-state index in [1.54, 1.807) is 50.2 Å². The number of halogens is 3. The molecule has 0 saturated carbocycles. The second-order valence-corrected chi connectivity index (χ2v) is 9.36. The van der Waals surface area contributed by atoms with Crippen LogP contribution in [-0.2, 0) is 19.1 Å². The Morgan fingerprint density at radius 2 is 1.72 bits per heavy atom. The standard InChI is InChI=1S/C26H25BrF2N2O5/c1-3-7-19(28)35-25(33)22-21-16-13-14(27)11-12-17(16)30-23(21)15-9-5-6-10-18(15)31(24(22)32)26(34)36-20(29)8-4-2/h5-6,9-13,19-20,22,30H,3-4,7-8H2,1-2H3. The molecule has 3 unspecified atom stereocenters. The van der Waals surface area contributed by atoms with Crippen LogP contribution in [0.25, 0.3) is 22.2 Å². The summed E-state index contributed by atoms with van der Waals surface area (Å²) in [6.07, 6.45) is -4.42. The lowest BCUT2D eigenvalue weighted by molar-refractivity contribution is -0.161. The first-order valence-corrected chi connectivity index (χ1v) is 12.5. The van der Waals surface area contributed by atoms with Crippen LogP contribution in [0, 0.1) is 0 Å². The number of nitrogens with zero attached hydrogens (tertiary/aromatic N) is 1. The van der Waals surface area contributed by atoms with Crippen LogP contribution >= 0.6 is 15.9 Å². The fourth-order valence-electron chi connectivity index (χ4n) is 4.28. The molecule has 2 aromatic carbocycles. The summed E-state index contributed by atoms with van der Waals surface area (Å²) in [4.78, 5) is 44.2. The third-order valence-corrected chi connectivity index (χ3v) is 6.39. The van der Waals surface area contributed by atoms with Crippen molar-refractivity contribution in [2.24, 2.45) is 0 Å². The minimum absolute atomic E-state index is 0.0501. The summed E-state index contributed by atoms with van der Waals surface area (Å²) in [6, 6.07) is 11.7. The molecule has 1 aliphatic rings. The second-order valence-electron chi connectivity index (χ2n) is 8.45. The predicted molar refractivity (Wildman–Crippen MR) is 134 cm³/mol. The molecule has 0 saturated heterocycles. The molecule has 1 aromatic heterocycles. The van der Waals surface area contributed by atoms with Gasteiger partial charge in [0.15, 0.2) is 5.92 Å². The van der Waals surface area contributed by atoms with Gasteiger partial charge < -0.3 is 14.5 Å². The number of para-hydroxylation sites is 1. The average molecular weight is 563 g/mol. The highest BCUT2D eigenvalue weighted by Gasteiger charge is 2.45. The molecular weight excluding hydrogens is 538 g/mol. The Balaban J connectivity index is 1.92. The molecule has 4 rings (SSSR count). The van der Waals surface area contributed by atoms with Crippen LogP contribution in [0.5, 0.6) is 0 Å². The molecule has 190 valence electrons. The number of alkyl halides is 2. The van der Waals surface area contributed by atoms with E-state index in [2.05, 4.69) is 20.9 Å². The maximum atomic E-state index is 14.4. The van der Waals surface area contributed by atoms with Crippen LogP contribution in [0.15, 0.2) is 46.9 Å². The van der Waals surface area contributed by atoms with Gasteiger partial charge in [0.05, 0.1) is 11.4 Å². The first-order valence-electron chi connectivity index (χ1n) is 11.7. The molecule has 3 aromatic rings. The van der Waals surface area contributed by atoms with E-state index >= 15 is 0 Å². The van der Waals surface area contributed by atoms with Crippen LogP contribution in [0.4, 0.5) is 19.3 Å². The van der Waals surface area contributed by atoms with E-state index in [0.717, 1.165) is 0 Å². The molecule has 10 heteroatoms. The molecule has 1 aliphatic heterocycles. The fraction of sp³-hybridized carbons (Fsp3) is 0.346. The molecular formula is C26H25BrF2N2O5. The Morgan fingerprint density at radius 1 is 1.06 bits per heavy atom. The fourth-order valence-corrected chi connectivity index (χ4v) is 4.64. The molecule has 2 amide bonds. The number of carbonyl (C=O) groups is 3. The van der Waals surface area contributed by atoms with E-state index in [1.165, 1.54) is 6.07 Å². The van der Waals surface area contributed by atoms with Crippen molar-refractivity contribution in [1.82, 2.24) is 4.98 Å². The molecule has 0 radical (unpaired) electrons. The number of amides is 2. The van der Waals surface area contributed by atoms with Crippen molar-refractivity contribution in [3.8, 4) is 11.3 Å². The number of ether oxygens (including phenoxy) is 2. The zero-order valence-electron chi connectivity index (χ0n) is 19.7. The Kier molecular flexibility index (Phi) is 7.73. The number of aromatic nitrogens is 1. The van der Waals surface area contributed by atoms with Crippen molar-refractivity contribution >= 4 is 50.5 Å². The number of anilines is 1. The quantitative estimate of drug-likeness (QED) is 0.250. The number of benzene rings is 2. The van der Waals surface area contributed by atoms with E-state index < -0.39 is 36.6 Å². The largest absolute Gasteiger partial charge is 0.430 e. The lowest BCUT2D eigenvalue weighted by Crippen LogP contribution is -2.43. The van der Waals surface area contributed by atoms with Gasteiger partial charge in [-0.05, 0) is 37.1 Å². The summed E-state index contributed by atoms with van der Waals surface area (Å²) in [5.74, 6) is -3.88. The number of nitrogens with one attached hydrogen (secondary N) is 1. The Morgan fingerprint density at radius 3 is 2.42 bits per heavy atom. The second kappa shape index (κ2) is 10.8. The highest BCUT2D eigenvalue weighted by Crippen LogP contribution is 2.45. The topological polar surface area (TPSA) is 88.7 Å². The van der Waals surface area contributed by atoms with Crippen LogP contribution in [0.3, 0.4) is 0 Å². The van der Waals surface area contributed by atoms with Crippen molar-refractivity contribution in [1.29, 1.82) is 0 Å². The third-order valence-electron chi connectivity index (χ3n) is 5.89. The molecule has 0 spiro atoms. The molecule has 7 nitrogen and oxygen atoms in total. The monoisotopic (exact) mass is 562 g/mol. The number of aromatic amines is 1. The summed E-state index contributed by atoms with van der Waals surface area (Å²) in [5.41, 5.74) is 1.76. The zero-order chi connectivity index (χ0) is 26.0. The SMILES string of the molecule is CCCC(F)OC(=O)C1C(=O)N(C(=O)OC(F)CCC)c2ccccc2-c2[nH]c3ccc(Br)cc3c21. The Labute approximate surface area is 214 Å². The molecule has 2 heterocycles. The van der Waals surface area contributed by atoms with E-state index in [4.69, 9.17) is 9.47 Å². The molecule has 1 N–H and O–H groups in total. The van der Waals surface area contributed by atoms with E-state index in [-0.39, 0.29) is 24.1 Å². The van der Waals surface area contributed by atoms with Crippen molar-refractivity contribution in [3.63, 3.8) is 0 Å². The first kappa shape index (κ1) is 25.8. The minimum Gasteiger partial charge on any atom is -0.430 e. The lowest BCUT2D eigenvalue weighted by Gasteiger charge is -2.24. The van der Waals surface area contributed by atoms with Gasteiger partial charge in [-0.25, -0.2) is 18.5 Å². The number of fused-ring (bicyclic) bond motifs is 5. The highest BCUT2D eigenvalue weighted by atomic mass is 79.9. The number of H-pyrrole nitrogens is 1. The van der Waals surface area contributed by atoms with Crippen LogP contribution in [0.1, 0.15) is 51.0 Å². The molecule has 3 atom stereocenters. The molecule has 0 bridgehead atoms. The van der Waals surface area contributed by atoms with E-state index in [9.17, 15) is 23.2 Å². The maximum absolute atomic E-state index is 14.4. The van der Waals surface area contributed by atoms with Crippen molar-refractivity contribution < 1.29 is 32.6 Å². The summed E-state index contributed by atoms with van der Waals surface area (Å²) in [5, 5.41) is 0.514. The predicted octanol–water partition coefficient (Wildman–Crippen LogP) is 6.90. The number of hydrogen-bond donors (Lipinski definition) is 1. The number of esters is 1. The van der Waals surface area contributed by atoms with Gasteiger partial charge >= 0.3 is 12.1 Å². The lowest BCUT2D eigenvalue weighted by atomic mass is 9.93. The van der Waals surface area contributed by atoms with Crippen LogP contribution in [0.2, 0.25) is 0 Å². The maximum Gasteiger partial charge on any atom is 0.423 e. The van der Waals surface area contributed by atoms with Gasteiger partial charge in [0.1, 0.15) is 0 Å². The number of rotatable bonds is 7. The zero-order valence-corrected chi connectivity index (χ0v) is 21.3. The number of imide groups is 1. The van der Waals surface area contributed by atoms with Gasteiger partial charge in [-0.15, -0.1) is 0 Å². The summed E-state index contributed by atoms with van der Waals surface area (Å²) < 4.78 is 39.2. The summed E-state index contributed by atoms with van der Waals surface area (Å²) >= 11 is 3.40. The third kappa shape index (κ3) is 4.86. The molecule has 0 fully saturated rings. The number of hydrogen-bond acceptors (Lipinski definition) is 5. The van der Waals surface area contributed by atoms with E-state index in [0.29, 0.717) is 44.4 Å². The Hall–Kier alpha value is -3.27. The molecule has 0 aliphatic carbocycles. The van der Waals surface area contributed by atoms with Gasteiger partial charge in [-0.1, -0.05) is 48.0 Å². The normalized spacial score (nSPS) is 16.6. The average Bonchev–Trinajstić information content (AvgIpc) is 3.13. The number of carbonyl (C=O) groups excluding carboxylic acids is 3. The van der Waals surface area contributed by atoms with E-state index in [1.807, 2.05) is 0 Å².